The minimum Gasteiger partial charge on any atom is -0.337 e. The molecule has 1 aliphatic rings. The summed E-state index contributed by atoms with van der Waals surface area (Å²) in [6.07, 6.45) is 3.93. The van der Waals surface area contributed by atoms with Crippen LogP contribution in [0.3, 0.4) is 0 Å². The number of nitrogens with zero attached hydrogens (tertiary/aromatic N) is 4. The molecule has 24 heavy (non-hydrogen) atoms. The van der Waals surface area contributed by atoms with E-state index in [1.54, 1.807) is 0 Å². The van der Waals surface area contributed by atoms with Gasteiger partial charge in [-0.1, -0.05) is 6.07 Å². The molecule has 0 amide bonds. The van der Waals surface area contributed by atoms with Crippen LogP contribution in [-0.4, -0.2) is 46.0 Å². The summed E-state index contributed by atoms with van der Waals surface area (Å²) in [4.78, 5) is 12.4. The molecule has 4 rings (SSSR count). The van der Waals surface area contributed by atoms with Crippen LogP contribution >= 0.6 is 22.7 Å². The zero-order valence-corrected chi connectivity index (χ0v) is 15.7. The van der Waals surface area contributed by atoms with Crippen molar-refractivity contribution in [3.8, 4) is 10.4 Å². The van der Waals surface area contributed by atoms with Gasteiger partial charge in [-0.15, -0.1) is 22.7 Å². The Morgan fingerprint density at radius 1 is 1.25 bits per heavy atom. The van der Waals surface area contributed by atoms with Gasteiger partial charge in [0, 0.05) is 60.9 Å². The largest absolute Gasteiger partial charge is 0.337 e. The fraction of sp³-hybridized carbons (Fsp3) is 0.389. The number of aromatic nitrogens is 2. The van der Waals surface area contributed by atoms with Gasteiger partial charge in [0.25, 0.3) is 0 Å². The SMILES string of the molecule is CN1CCN(Cc2cc(-c3cccs3)cs2)CC1c1nccn1C. The monoisotopic (exact) mass is 358 g/mol. The molecule has 126 valence electrons. The molecule has 0 bridgehead atoms. The van der Waals surface area contributed by atoms with Crippen molar-refractivity contribution >= 4 is 22.7 Å². The molecule has 0 N–H and O–H groups in total. The maximum atomic E-state index is 4.57. The predicted molar refractivity (Wildman–Crippen MR) is 101 cm³/mol. The average molecular weight is 359 g/mol. The second-order valence-electron chi connectivity index (χ2n) is 6.41. The van der Waals surface area contributed by atoms with Crippen LogP contribution in [0, 0.1) is 0 Å². The van der Waals surface area contributed by atoms with E-state index >= 15 is 0 Å². The zero-order valence-electron chi connectivity index (χ0n) is 14.1. The quantitative estimate of drug-likeness (QED) is 0.711. The van der Waals surface area contributed by atoms with Gasteiger partial charge in [0.2, 0.25) is 0 Å². The molecular weight excluding hydrogens is 336 g/mol. The molecule has 4 heterocycles. The molecule has 0 aliphatic carbocycles. The summed E-state index contributed by atoms with van der Waals surface area (Å²) in [5.74, 6) is 1.16. The Bertz CT molecular complexity index is 790. The van der Waals surface area contributed by atoms with Gasteiger partial charge in [-0.25, -0.2) is 4.98 Å². The number of hydrogen-bond donors (Lipinski definition) is 0. The van der Waals surface area contributed by atoms with Crippen LogP contribution in [0.5, 0.6) is 0 Å². The van der Waals surface area contributed by atoms with Crippen LogP contribution in [0.2, 0.25) is 0 Å². The number of likely N-dealkylation sites (N-methyl/N-ethyl adjacent to an activating group) is 1. The van der Waals surface area contributed by atoms with Crippen molar-refractivity contribution < 1.29 is 0 Å². The lowest BCUT2D eigenvalue weighted by Crippen LogP contribution is -2.46. The first-order valence-electron chi connectivity index (χ1n) is 8.22. The van der Waals surface area contributed by atoms with Crippen LogP contribution < -0.4 is 0 Å². The molecular formula is C18H22N4S2. The third-order valence-corrected chi connectivity index (χ3v) is 6.57. The standard InChI is InChI=1S/C18H22N4S2/c1-20-7-8-22(12-16(20)18-19-5-6-21(18)2)11-15-10-14(13-24-15)17-4-3-9-23-17/h3-6,9-10,13,16H,7-8,11-12H2,1-2H3. The first-order chi connectivity index (χ1) is 11.7. The van der Waals surface area contributed by atoms with E-state index in [2.05, 4.69) is 62.4 Å². The highest BCUT2D eigenvalue weighted by atomic mass is 32.1. The topological polar surface area (TPSA) is 24.3 Å². The van der Waals surface area contributed by atoms with Gasteiger partial charge < -0.3 is 4.57 Å². The molecule has 0 radical (unpaired) electrons. The molecule has 0 aromatic carbocycles. The Morgan fingerprint density at radius 3 is 2.92 bits per heavy atom. The van der Waals surface area contributed by atoms with E-state index < -0.39 is 0 Å². The third-order valence-electron chi connectivity index (χ3n) is 4.73. The van der Waals surface area contributed by atoms with Crippen molar-refractivity contribution in [2.45, 2.75) is 12.6 Å². The van der Waals surface area contributed by atoms with Crippen molar-refractivity contribution in [3.63, 3.8) is 0 Å². The second-order valence-corrected chi connectivity index (χ2v) is 8.35. The average Bonchev–Trinajstić information content (AvgIpc) is 3.30. The zero-order chi connectivity index (χ0) is 16.5. The minimum absolute atomic E-state index is 0.371. The highest BCUT2D eigenvalue weighted by Crippen LogP contribution is 2.31. The van der Waals surface area contributed by atoms with E-state index in [1.807, 2.05) is 35.1 Å². The van der Waals surface area contributed by atoms with Crippen molar-refractivity contribution in [3.05, 3.63) is 52.1 Å². The number of rotatable bonds is 4. The van der Waals surface area contributed by atoms with Gasteiger partial charge >= 0.3 is 0 Å². The summed E-state index contributed by atoms with van der Waals surface area (Å²) in [6.45, 7) is 4.27. The molecule has 1 fully saturated rings. The van der Waals surface area contributed by atoms with Gasteiger partial charge in [0.05, 0.1) is 6.04 Å². The predicted octanol–water partition coefficient (Wildman–Crippen LogP) is 3.70. The molecule has 1 aliphatic heterocycles. The first-order valence-corrected chi connectivity index (χ1v) is 9.98. The van der Waals surface area contributed by atoms with E-state index in [9.17, 15) is 0 Å². The van der Waals surface area contributed by atoms with E-state index in [0.29, 0.717) is 6.04 Å². The molecule has 1 saturated heterocycles. The second kappa shape index (κ2) is 6.80. The number of piperazine rings is 1. The van der Waals surface area contributed by atoms with E-state index in [-0.39, 0.29) is 0 Å². The van der Waals surface area contributed by atoms with Crippen LogP contribution in [0.15, 0.2) is 41.4 Å². The Kier molecular flexibility index (Phi) is 4.54. The maximum absolute atomic E-state index is 4.57. The van der Waals surface area contributed by atoms with Gasteiger partial charge in [-0.2, -0.15) is 0 Å². The molecule has 0 spiro atoms. The van der Waals surface area contributed by atoms with Crippen LogP contribution in [0.1, 0.15) is 16.7 Å². The Balaban J connectivity index is 1.46. The molecule has 3 aromatic heterocycles. The van der Waals surface area contributed by atoms with Crippen molar-refractivity contribution in [2.24, 2.45) is 7.05 Å². The molecule has 0 saturated carbocycles. The molecule has 3 aromatic rings. The number of thiophene rings is 2. The van der Waals surface area contributed by atoms with Crippen LogP contribution in [0.4, 0.5) is 0 Å². The Labute approximate surface area is 151 Å². The maximum Gasteiger partial charge on any atom is 0.127 e. The van der Waals surface area contributed by atoms with Crippen LogP contribution in [-0.2, 0) is 13.6 Å². The van der Waals surface area contributed by atoms with E-state index in [0.717, 1.165) is 32.0 Å². The highest BCUT2D eigenvalue weighted by molar-refractivity contribution is 7.14. The number of imidazole rings is 1. The third kappa shape index (κ3) is 3.19. The van der Waals surface area contributed by atoms with Gasteiger partial charge in [-0.3, -0.25) is 9.80 Å². The first kappa shape index (κ1) is 16.0. The van der Waals surface area contributed by atoms with Crippen molar-refractivity contribution in [2.75, 3.05) is 26.7 Å². The van der Waals surface area contributed by atoms with Crippen molar-refractivity contribution in [1.29, 1.82) is 0 Å². The fourth-order valence-electron chi connectivity index (χ4n) is 3.31. The fourth-order valence-corrected chi connectivity index (χ4v) is 5.02. The smallest absolute Gasteiger partial charge is 0.127 e. The van der Waals surface area contributed by atoms with Crippen LogP contribution in [0.25, 0.3) is 10.4 Å². The summed E-state index contributed by atoms with van der Waals surface area (Å²) < 4.78 is 2.14. The number of hydrogen-bond acceptors (Lipinski definition) is 5. The van der Waals surface area contributed by atoms with E-state index in [1.165, 1.54) is 15.3 Å². The normalized spacial score (nSPS) is 19.8. The summed E-state index contributed by atoms with van der Waals surface area (Å²) >= 11 is 3.69. The van der Waals surface area contributed by atoms with Crippen molar-refractivity contribution in [1.82, 2.24) is 19.4 Å². The Morgan fingerprint density at radius 2 is 2.17 bits per heavy atom. The minimum atomic E-state index is 0.371. The lowest BCUT2D eigenvalue weighted by molar-refractivity contribution is 0.0851. The molecule has 1 atom stereocenters. The summed E-state index contributed by atoms with van der Waals surface area (Å²) in [5.41, 5.74) is 1.36. The summed E-state index contributed by atoms with van der Waals surface area (Å²) in [5, 5.41) is 4.43. The molecule has 4 nitrogen and oxygen atoms in total. The molecule has 6 heteroatoms. The highest BCUT2D eigenvalue weighted by Gasteiger charge is 2.28. The molecule has 1 unspecified atom stereocenters. The lowest BCUT2D eigenvalue weighted by atomic mass is 10.1. The summed E-state index contributed by atoms with van der Waals surface area (Å²) in [6, 6.07) is 7.04. The van der Waals surface area contributed by atoms with E-state index in [4.69, 9.17) is 0 Å². The lowest BCUT2D eigenvalue weighted by Gasteiger charge is -2.38. The Hall–Kier alpha value is -1.47. The van der Waals surface area contributed by atoms with Gasteiger partial charge in [0.1, 0.15) is 5.82 Å². The van der Waals surface area contributed by atoms with Gasteiger partial charge in [-0.05, 0) is 29.9 Å². The summed E-state index contributed by atoms with van der Waals surface area (Å²) in [7, 11) is 4.29. The van der Waals surface area contributed by atoms with Gasteiger partial charge in [0.15, 0.2) is 0 Å². The number of aryl methyl sites for hydroxylation is 1.